The van der Waals surface area contributed by atoms with Crippen LogP contribution in [0.1, 0.15) is 25.5 Å². The van der Waals surface area contributed by atoms with Gasteiger partial charge in [0.05, 0.1) is 0 Å². The summed E-state index contributed by atoms with van der Waals surface area (Å²) in [6.45, 7) is 4.47. The first kappa shape index (κ1) is 12.6. The van der Waals surface area contributed by atoms with Gasteiger partial charge in [0.2, 0.25) is 0 Å². The van der Waals surface area contributed by atoms with Gasteiger partial charge in [-0.3, -0.25) is 0 Å². The minimum Gasteiger partial charge on any atom is -0.312 e. The summed E-state index contributed by atoms with van der Waals surface area (Å²) in [5.41, 5.74) is 1.38. The second-order valence-electron chi connectivity index (χ2n) is 3.40. The third-order valence-electron chi connectivity index (χ3n) is 1.96. The fourth-order valence-electron chi connectivity index (χ4n) is 1.16. The van der Waals surface area contributed by atoms with E-state index in [1.54, 1.807) is 11.3 Å². The molecule has 0 radical (unpaired) electrons. The highest BCUT2D eigenvalue weighted by atomic mass is 79.9. The smallest absolute Gasteiger partial charge is 0.0429 e. The first-order valence-corrected chi connectivity index (χ1v) is 7.44. The van der Waals surface area contributed by atoms with Crippen molar-refractivity contribution in [3.8, 4) is 0 Å². The van der Waals surface area contributed by atoms with Gasteiger partial charge in [-0.05, 0) is 39.2 Å². The highest BCUT2D eigenvalue weighted by molar-refractivity contribution is 9.10. The lowest BCUT2D eigenvalue weighted by molar-refractivity contribution is 0.661. The van der Waals surface area contributed by atoms with Crippen LogP contribution in [0.3, 0.4) is 0 Å². The third-order valence-corrected chi connectivity index (χ3v) is 4.91. The van der Waals surface area contributed by atoms with Crippen LogP contribution in [0.25, 0.3) is 0 Å². The molecule has 1 rings (SSSR count). The molecule has 4 heteroatoms. The number of thiophene rings is 1. The molecule has 1 aromatic rings. The maximum Gasteiger partial charge on any atom is 0.0429 e. The van der Waals surface area contributed by atoms with E-state index in [0.717, 1.165) is 5.75 Å². The second-order valence-corrected chi connectivity index (χ2v) is 6.61. The molecule has 0 aliphatic carbocycles. The Labute approximate surface area is 103 Å². The van der Waals surface area contributed by atoms with Gasteiger partial charge in [-0.1, -0.05) is 13.8 Å². The molecule has 0 aliphatic rings. The number of hydrogen-bond acceptors (Lipinski definition) is 3. The van der Waals surface area contributed by atoms with Gasteiger partial charge in [0.25, 0.3) is 0 Å². The number of nitrogens with one attached hydrogen (secondary N) is 1. The van der Waals surface area contributed by atoms with Crippen LogP contribution in [-0.2, 0) is 0 Å². The SMILES string of the molecule is CNC(CSC(C)C)c1cscc1Br. The molecule has 1 atom stereocenters. The third kappa shape index (κ3) is 3.57. The summed E-state index contributed by atoms with van der Waals surface area (Å²) >= 11 is 7.32. The highest BCUT2D eigenvalue weighted by Gasteiger charge is 2.13. The largest absolute Gasteiger partial charge is 0.312 e. The molecular formula is C10H16BrNS2. The molecule has 0 aliphatic heterocycles. The summed E-state index contributed by atoms with van der Waals surface area (Å²) in [5.74, 6) is 1.13. The van der Waals surface area contributed by atoms with E-state index in [-0.39, 0.29) is 0 Å². The molecule has 0 fully saturated rings. The maximum atomic E-state index is 3.58. The Morgan fingerprint density at radius 1 is 1.50 bits per heavy atom. The average molecular weight is 294 g/mol. The van der Waals surface area contributed by atoms with Crippen LogP contribution in [0, 0.1) is 0 Å². The van der Waals surface area contributed by atoms with E-state index < -0.39 is 0 Å². The van der Waals surface area contributed by atoms with E-state index in [0.29, 0.717) is 11.3 Å². The molecule has 80 valence electrons. The van der Waals surface area contributed by atoms with Crippen molar-refractivity contribution in [2.24, 2.45) is 0 Å². The van der Waals surface area contributed by atoms with Crippen molar-refractivity contribution in [1.29, 1.82) is 0 Å². The molecule has 1 unspecified atom stereocenters. The van der Waals surface area contributed by atoms with Crippen molar-refractivity contribution in [3.63, 3.8) is 0 Å². The first-order chi connectivity index (χ1) is 6.65. The highest BCUT2D eigenvalue weighted by Crippen LogP contribution is 2.29. The van der Waals surface area contributed by atoms with Gasteiger partial charge >= 0.3 is 0 Å². The van der Waals surface area contributed by atoms with Crippen LogP contribution in [0.4, 0.5) is 0 Å². The molecular weight excluding hydrogens is 278 g/mol. The molecule has 14 heavy (non-hydrogen) atoms. The van der Waals surface area contributed by atoms with E-state index in [4.69, 9.17) is 0 Å². The summed E-state index contributed by atoms with van der Waals surface area (Å²) in [5, 5.41) is 8.41. The van der Waals surface area contributed by atoms with E-state index in [2.05, 4.69) is 45.9 Å². The fourth-order valence-corrected chi connectivity index (χ4v) is 3.71. The van der Waals surface area contributed by atoms with E-state index in [1.165, 1.54) is 10.0 Å². The summed E-state index contributed by atoms with van der Waals surface area (Å²) in [7, 11) is 2.02. The zero-order chi connectivity index (χ0) is 10.6. The van der Waals surface area contributed by atoms with Crippen LogP contribution in [0.2, 0.25) is 0 Å². The molecule has 0 spiro atoms. The van der Waals surface area contributed by atoms with Gasteiger partial charge in [-0.15, -0.1) is 0 Å². The topological polar surface area (TPSA) is 12.0 Å². The first-order valence-electron chi connectivity index (χ1n) is 4.65. The molecule has 0 amide bonds. The number of rotatable bonds is 5. The minimum atomic E-state index is 0.461. The fraction of sp³-hybridized carbons (Fsp3) is 0.600. The lowest BCUT2D eigenvalue weighted by Gasteiger charge is -2.16. The molecule has 1 heterocycles. The predicted molar refractivity (Wildman–Crippen MR) is 71.4 cm³/mol. The van der Waals surface area contributed by atoms with Gasteiger partial charge in [-0.2, -0.15) is 23.1 Å². The second kappa shape index (κ2) is 6.16. The van der Waals surface area contributed by atoms with Crippen LogP contribution in [-0.4, -0.2) is 18.1 Å². The molecule has 1 aromatic heterocycles. The molecule has 1 nitrogen and oxygen atoms in total. The Balaban J connectivity index is 2.58. The molecule has 1 N–H and O–H groups in total. The van der Waals surface area contributed by atoms with Gasteiger partial charge in [0.1, 0.15) is 0 Å². The Hall–Kier alpha value is 0.490. The lowest BCUT2D eigenvalue weighted by atomic mass is 10.2. The average Bonchev–Trinajstić information content (AvgIpc) is 2.53. The van der Waals surface area contributed by atoms with Gasteiger partial charge < -0.3 is 5.32 Å². The van der Waals surface area contributed by atoms with Crippen molar-refractivity contribution in [1.82, 2.24) is 5.32 Å². The summed E-state index contributed by atoms with van der Waals surface area (Å²) in [4.78, 5) is 0. The maximum absolute atomic E-state index is 3.58. The zero-order valence-corrected chi connectivity index (χ0v) is 11.9. The predicted octanol–water partition coefficient (Wildman–Crippen LogP) is 3.91. The van der Waals surface area contributed by atoms with Crippen LogP contribution in [0.5, 0.6) is 0 Å². The van der Waals surface area contributed by atoms with Crippen LogP contribution < -0.4 is 5.32 Å². The monoisotopic (exact) mass is 293 g/mol. The lowest BCUT2D eigenvalue weighted by Crippen LogP contribution is -2.19. The van der Waals surface area contributed by atoms with Crippen molar-refractivity contribution >= 4 is 39.0 Å². The molecule has 0 bridgehead atoms. The van der Waals surface area contributed by atoms with E-state index in [9.17, 15) is 0 Å². The summed E-state index contributed by atoms with van der Waals surface area (Å²) < 4.78 is 1.23. The van der Waals surface area contributed by atoms with E-state index in [1.807, 2.05) is 18.8 Å². The number of hydrogen-bond donors (Lipinski definition) is 1. The standard InChI is InChI=1S/C10H16BrNS2/c1-7(2)14-6-10(12-3)8-4-13-5-9(8)11/h4-5,7,10,12H,6H2,1-3H3. The Kier molecular flexibility index (Phi) is 5.52. The minimum absolute atomic E-state index is 0.461. The van der Waals surface area contributed by atoms with E-state index >= 15 is 0 Å². The van der Waals surface area contributed by atoms with Crippen molar-refractivity contribution in [3.05, 3.63) is 20.8 Å². The van der Waals surface area contributed by atoms with Crippen molar-refractivity contribution in [2.45, 2.75) is 25.1 Å². The van der Waals surface area contributed by atoms with Gasteiger partial charge in [0, 0.05) is 21.6 Å². The Bertz CT molecular complexity index is 273. The normalized spacial score (nSPS) is 13.5. The zero-order valence-electron chi connectivity index (χ0n) is 8.71. The summed E-state index contributed by atoms with van der Waals surface area (Å²) in [6, 6.07) is 0.461. The Morgan fingerprint density at radius 2 is 2.21 bits per heavy atom. The quantitative estimate of drug-likeness (QED) is 0.883. The van der Waals surface area contributed by atoms with Gasteiger partial charge in [0.15, 0.2) is 0 Å². The van der Waals surface area contributed by atoms with Gasteiger partial charge in [-0.25, -0.2) is 0 Å². The molecule has 0 aromatic carbocycles. The van der Waals surface area contributed by atoms with Crippen molar-refractivity contribution < 1.29 is 0 Å². The molecule has 0 saturated carbocycles. The van der Waals surface area contributed by atoms with Crippen LogP contribution >= 0.6 is 39.0 Å². The Morgan fingerprint density at radius 3 is 2.64 bits per heavy atom. The van der Waals surface area contributed by atoms with Crippen LogP contribution in [0.15, 0.2) is 15.2 Å². The summed E-state index contributed by atoms with van der Waals surface area (Å²) in [6.07, 6.45) is 0. The number of halogens is 1. The number of thioether (sulfide) groups is 1. The molecule has 0 saturated heterocycles. The van der Waals surface area contributed by atoms with Crippen molar-refractivity contribution in [2.75, 3.05) is 12.8 Å².